The Kier molecular flexibility index (Phi) is 6.11. The van der Waals surface area contributed by atoms with Gasteiger partial charge in [-0.05, 0) is 45.0 Å². The first-order valence-corrected chi connectivity index (χ1v) is 10.2. The summed E-state index contributed by atoms with van der Waals surface area (Å²) in [5.41, 5.74) is 3.05. The van der Waals surface area contributed by atoms with Gasteiger partial charge >= 0.3 is 0 Å². The molecule has 0 amide bonds. The number of aryl methyl sites for hydroxylation is 2. The highest BCUT2D eigenvalue weighted by Crippen LogP contribution is 2.34. The van der Waals surface area contributed by atoms with Crippen LogP contribution in [0.1, 0.15) is 24.1 Å². The first-order chi connectivity index (χ1) is 12.6. The zero-order chi connectivity index (χ0) is 18.5. The molecule has 2 aromatic heterocycles. The minimum Gasteiger partial charge on any atom is -0.493 e. The molecule has 3 aromatic rings. The average Bonchev–Trinajstić information content (AvgIpc) is 3.09. The van der Waals surface area contributed by atoms with Crippen molar-refractivity contribution in [3.05, 3.63) is 46.9 Å². The van der Waals surface area contributed by atoms with Crippen LogP contribution >= 0.6 is 23.1 Å². The molecule has 136 valence electrons. The van der Waals surface area contributed by atoms with Crippen molar-refractivity contribution >= 4 is 23.1 Å². The van der Waals surface area contributed by atoms with Gasteiger partial charge in [-0.2, -0.15) is 0 Å². The molecular weight excluding hydrogens is 366 g/mol. The van der Waals surface area contributed by atoms with Gasteiger partial charge in [0.2, 0.25) is 0 Å². The largest absolute Gasteiger partial charge is 0.493 e. The standard InChI is InChI=1S/C19H21N3O2S2/c1-5-24-16-7-6-14(9-17(16)23-4)19-22-15(11-26-19)10-25-18-8-12(2)20-13(3)21-18/h6-9,11H,5,10H2,1-4H3. The van der Waals surface area contributed by atoms with Gasteiger partial charge in [-0.1, -0.05) is 11.8 Å². The first kappa shape index (κ1) is 18.7. The number of benzene rings is 1. The monoisotopic (exact) mass is 387 g/mol. The van der Waals surface area contributed by atoms with Crippen molar-refractivity contribution in [1.29, 1.82) is 0 Å². The van der Waals surface area contributed by atoms with Crippen molar-refractivity contribution in [3.8, 4) is 22.1 Å². The number of hydrogen-bond donors (Lipinski definition) is 0. The summed E-state index contributed by atoms with van der Waals surface area (Å²) in [6, 6.07) is 7.92. The molecule has 0 saturated carbocycles. The lowest BCUT2D eigenvalue weighted by Crippen LogP contribution is -1.95. The molecule has 0 saturated heterocycles. The van der Waals surface area contributed by atoms with Gasteiger partial charge in [0.1, 0.15) is 15.9 Å². The minimum atomic E-state index is 0.607. The minimum absolute atomic E-state index is 0.607. The third-order valence-electron chi connectivity index (χ3n) is 3.57. The van der Waals surface area contributed by atoms with Crippen LogP contribution in [-0.4, -0.2) is 28.7 Å². The lowest BCUT2D eigenvalue weighted by molar-refractivity contribution is 0.311. The molecule has 3 rings (SSSR count). The van der Waals surface area contributed by atoms with Crippen molar-refractivity contribution in [1.82, 2.24) is 15.0 Å². The maximum absolute atomic E-state index is 5.57. The Morgan fingerprint density at radius 2 is 1.92 bits per heavy atom. The maximum atomic E-state index is 5.57. The van der Waals surface area contributed by atoms with Crippen molar-refractivity contribution in [2.45, 2.75) is 31.6 Å². The Hall–Kier alpha value is -2.12. The number of hydrogen-bond acceptors (Lipinski definition) is 7. The van der Waals surface area contributed by atoms with E-state index < -0.39 is 0 Å². The molecule has 0 fully saturated rings. The molecule has 1 aromatic carbocycles. The smallest absolute Gasteiger partial charge is 0.161 e. The number of thiazole rings is 1. The molecule has 0 spiro atoms. The lowest BCUT2D eigenvalue weighted by Gasteiger charge is -2.09. The molecule has 2 heterocycles. The molecule has 0 unspecified atom stereocenters. The number of aromatic nitrogens is 3. The Morgan fingerprint density at radius 3 is 2.65 bits per heavy atom. The number of nitrogens with zero attached hydrogens (tertiary/aromatic N) is 3. The fourth-order valence-electron chi connectivity index (χ4n) is 2.49. The van der Waals surface area contributed by atoms with Crippen LogP contribution in [-0.2, 0) is 5.75 Å². The molecule has 5 nitrogen and oxygen atoms in total. The van der Waals surface area contributed by atoms with E-state index in [1.807, 2.05) is 45.0 Å². The summed E-state index contributed by atoms with van der Waals surface area (Å²) in [4.78, 5) is 13.5. The van der Waals surface area contributed by atoms with Crippen LogP contribution in [0.5, 0.6) is 11.5 Å². The predicted octanol–water partition coefficient (Wildman–Crippen LogP) is 4.92. The molecule has 0 bridgehead atoms. The van der Waals surface area contributed by atoms with Gasteiger partial charge in [0.05, 0.1) is 19.4 Å². The molecule has 0 aliphatic heterocycles. The van der Waals surface area contributed by atoms with Gasteiger partial charge in [0.25, 0.3) is 0 Å². The van der Waals surface area contributed by atoms with Crippen LogP contribution in [0.4, 0.5) is 0 Å². The zero-order valence-electron chi connectivity index (χ0n) is 15.3. The summed E-state index contributed by atoms with van der Waals surface area (Å²) in [6.45, 7) is 6.46. The number of methoxy groups -OCH3 is 1. The van der Waals surface area contributed by atoms with E-state index in [9.17, 15) is 0 Å². The Balaban J connectivity index is 1.73. The molecule has 26 heavy (non-hydrogen) atoms. The molecule has 0 radical (unpaired) electrons. The molecular formula is C19H21N3O2S2. The highest BCUT2D eigenvalue weighted by atomic mass is 32.2. The van der Waals surface area contributed by atoms with Crippen molar-refractivity contribution in [2.24, 2.45) is 0 Å². The second-order valence-corrected chi connectivity index (χ2v) is 7.48. The summed E-state index contributed by atoms with van der Waals surface area (Å²) in [6.07, 6.45) is 0. The van der Waals surface area contributed by atoms with E-state index in [-0.39, 0.29) is 0 Å². The highest BCUT2D eigenvalue weighted by molar-refractivity contribution is 7.98. The number of thioether (sulfide) groups is 1. The van der Waals surface area contributed by atoms with E-state index in [0.29, 0.717) is 6.61 Å². The Labute approximate surface area is 161 Å². The molecule has 0 aliphatic carbocycles. The fraction of sp³-hybridized carbons (Fsp3) is 0.316. The van der Waals surface area contributed by atoms with Gasteiger partial charge in [0.15, 0.2) is 11.5 Å². The van der Waals surface area contributed by atoms with Crippen LogP contribution in [0.3, 0.4) is 0 Å². The van der Waals surface area contributed by atoms with Gasteiger partial charge in [-0.15, -0.1) is 11.3 Å². The number of rotatable bonds is 7. The van der Waals surface area contributed by atoms with E-state index in [2.05, 4.69) is 15.3 Å². The summed E-state index contributed by atoms with van der Waals surface area (Å²) < 4.78 is 11.0. The maximum Gasteiger partial charge on any atom is 0.161 e. The van der Waals surface area contributed by atoms with Gasteiger partial charge in [-0.3, -0.25) is 0 Å². The van der Waals surface area contributed by atoms with Crippen molar-refractivity contribution in [2.75, 3.05) is 13.7 Å². The normalized spacial score (nSPS) is 10.8. The van der Waals surface area contributed by atoms with E-state index in [1.165, 1.54) is 0 Å². The van der Waals surface area contributed by atoms with Crippen molar-refractivity contribution < 1.29 is 9.47 Å². The second-order valence-electron chi connectivity index (χ2n) is 5.63. The summed E-state index contributed by atoms with van der Waals surface area (Å²) >= 11 is 3.30. The van der Waals surface area contributed by atoms with Crippen LogP contribution in [0.2, 0.25) is 0 Å². The summed E-state index contributed by atoms with van der Waals surface area (Å²) in [7, 11) is 1.65. The topological polar surface area (TPSA) is 57.1 Å². The van der Waals surface area contributed by atoms with E-state index in [1.54, 1.807) is 30.2 Å². The van der Waals surface area contributed by atoms with Crippen LogP contribution in [0.15, 0.2) is 34.7 Å². The van der Waals surface area contributed by atoms with E-state index >= 15 is 0 Å². The summed E-state index contributed by atoms with van der Waals surface area (Å²) in [5.74, 6) is 3.05. The van der Waals surface area contributed by atoms with Gasteiger partial charge in [-0.25, -0.2) is 15.0 Å². The Bertz CT molecular complexity index is 876. The van der Waals surface area contributed by atoms with E-state index in [0.717, 1.165) is 50.1 Å². The average molecular weight is 388 g/mol. The van der Waals surface area contributed by atoms with Crippen LogP contribution in [0.25, 0.3) is 10.6 Å². The second kappa shape index (κ2) is 8.51. The zero-order valence-corrected chi connectivity index (χ0v) is 16.9. The molecule has 0 atom stereocenters. The fourth-order valence-corrected chi connectivity index (χ4v) is 4.30. The lowest BCUT2D eigenvalue weighted by atomic mass is 10.2. The third kappa shape index (κ3) is 4.53. The quantitative estimate of drug-likeness (QED) is 0.424. The van der Waals surface area contributed by atoms with E-state index in [4.69, 9.17) is 14.5 Å². The molecule has 0 aliphatic rings. The van der Waals surface area contributed by atoms with Crippen molar-refractivity contribution in [3.63, 3.8) is 0 Å². The molecule has 7 heteroatoms. The third-order valence-corrected chi connectivity index (χ3v) is 5.46. The SMILES string of the molecule is CCOc1ccc(-c2nc(CSc3cc(C)nc(C)n3)cs2)cc1OC. The van der Waals surface area contributed by atoms with Crippen LogP contribution in [0, 0.1) is 13.8 Å². The number of ether oxygens (including phenoxy) is 2. The van der Waals surface area contributed by atoms with Gasteiger partial charge in [0, 0.05) is 22.4 Å². The Morgan fingerprint density at radius 1 is 1.08 bits per heavy atom. The summed E-state index contributed by atoms with van der Waals surface area (Å²) in [5, 5.41) is 4.04. The highest BCUT2D eigenvalue weighted by Gasteiger charge is 2.10. The van der Waals surface area contributed by atoms with Crippen LogP contribution < -0.4 is 9.47 Å². The predicted molar refractivity (Wildman–Crippen MR) is 106 cm³/mol. The first-order valence-electron chi connectivity index (χ1n) is 8.29. The van der Waals surface area contributed by atoms with Gasteiger partial charge < -0.3 is 9.47 Å². The molecule has 0 N–H and O–H groups in total.